The highest BCUT2D eigenvalue weighted by Gasteiger charge is 2.42. The van der Waals surface area contributed by atoms with E-state index in [1.807, 2.05) is 0 Å². The number of aryl methyl sites for hydroxylation is 1. The van der Waals surface area contributed by atoms with Gasteiger partial charge in [-0.25, -0.2) is 4.39 Å². The van der Waals surface area contributed by atoms with E-state index in [-0.39, 0.29) is 18.2 Å². The topological polar surface area (TPSA) is 97.1 Å². The minimum Gasteiger partial charge on any atom is -0.343 e. The van der Waals surface area contributed by atoms with E-state index in [0.29, 0.717) is 35.8 Å². The first-order valence-corrected chi connectivity index (χ1v) is 9.19. The molecule has 1 saturated carbocycles. The Balaban J connectivity index is 1.65. The average Bonchev–Trinajstić information content (AvgIpc) is 3.08. The summed E-state index contributed by atoms with van der Waals surface area (Å²) in [6.45, 7) is 1.71. The van der Waals surface area contributed by atoms with Crippen molar-refractivity contribution in [3.05, 3.63) is 41.3 Å². The van der Waals surface area contributed by atoms with Crippen LogP contribution in [-0.2, 0) is 15.1 Å². The summed E-state index contributed by atoms with van der Waals surface area (Å²) in [5.74, 6) is -0.791. The van der Waals surface area contributed by atoms with E-state index in [2.05, 4.69) is 20.8 Å². The summed E-state index contributed by atoms with van der Waals surface area (Å²) < 4.78 is 18.7. The first kappa shape index (κ1) is 17.6. The van der Waals surface area contributed by atoms with Gasteiger partial charge in [-0.05, 0) is 30.5 Å². The van der Waals surface area contributed by atoms with Gasteiger partial charge < -0.3 is 15.2 Å². The van der Waals surface area contributed by atoms with Crippen LogP contribution in [0.4, 0.5) is 10.1 Å². The van der Waals surface area contributed by atoms with Gasteiger partial charge in [0.1, 0.15) is 11.4 Å². The summed E-state index contributed by atoms with van der Waals surface area (Å²) in [5, 5.41) is 9.80. The lowest BCUT2D eigenvalue weighted by atomic mass is 9.79. The molecule has 1 aliphatic heterocycles. The number of benzene rings is 1. The van der Waals surface area contributed by atoms with E-state index in [1.165, 1.54) is 12.1 Å². The normalized spacial score (nSPS) is 21.3. The van der Waals surface area contributed by atoms with E-state index in [0.717, 1.165) is 19.3 Å². The Morgan fingerprint density at radius 1 is 1.33 bits per heavy atom. The van der Waals surface area contributed by atoms with Crippen LogP contribution in [0, 0.1) is 12.7 Å². The number of rotatable bonds is 3. The van der Waals surface area contributed by atoms with Crippen molar-refractivity contribution in [3.63, 3.8) is 0 Å². The molecular weight excluding hydrogens is 351 g/mol. The first-order chi connectivity index (χ1) is 13.0. The fraction of sp³-hybridized carbons (Fsp3) is 0.474. The van der Waals surface area contributed by atoms with E-state index >= 15 is 0 Å². The lowest BCUT2D eigenvalue weighted by Gasteiger charge is -2.37. The Labute approximate surface area is 155 Å². The molecular formula is C19H21FN4O3. The van der Waals surface area contributed by atoms with Crippen molar-refractivity contribution >= 4 is 17.5 Å². The number of hydrogen-bond donors (Lipinski definition) is 2. The average molecular weight is 372 g/mol. The maximum absolute atomic E-state index is 13.5. The number of aromatic nitrogens is 2. The van der Waals surface area contributed by atoms with Crippen LogP contribution in [0.5, 0.6) is 0 Å². The molecule has 1 atom stereocenters. The lowest BCUT2D eigenvalue weighted by molar-refractivity contribution is -0.128. The number of hydrogen-bond acceptors (Lipinski definition) is 5. The summed E-state index contributed by atoms with van der Waals surface area (Å²) >= 11 is 0. The molecule has 4 rings (SSSR count). The maximum Gasteiger partial charge on any atom is 0.228 e. The Morgan fingerprint density at radius 2 is 2.11 bits per heavy atom. The van der Waals surface area contributed by atoms with Gasteiger partial charge >= 0.3 is 0 Å². The highest BCUT2D eigenvalue weighted by Crippen LogP contribution is 2.38. The highest BCUT2D eigenvalue weighted by molar-refractivity contribution is 6.01. The minimum absolute atomic E-state index is 0.0197. The van der Waals surface area contributed by atoms with Gasteiger partial charge in [-0.2, -0.15) is 4.98 Å². The summed E-state index contributed by atoms with van der Waals surface area (Å²) in [6.07, 6.45) is 4.43. The van der Waals surface area contributed by atoms with Gasteiger partial charge in [0.05, 0.1) is 5.92 Å². The molecule has 8 heteroatoms. The predicted octanol–water partition coefficient (Wildman–Crippen LogP) is 2.92. The minimum atomic E-state index is -0.693. The Bertz CT molecular complexity index is 889. The van der Waals surface area contributed by atoms with Crippen molar-refractivity contribution in [2.75, 3.05) is 5.32 Å². The highest BCUT2D eigenvalue weighted by atomic mass is 19.1. The number of fused-ring (bicyclic) bond motifs is 1. The van der Waals surface area contributed by atoms with Crippen molar-refractivity contribution in [2.45, 2.75) is 56.9 Å². The molecule has 7 nitrogen and oxygen atoms in total. The van der Waals surface area contributed by atoms with Gasteiger partial charge in [-0.3, -0.25) is 9.59 Å². The van der Waals surface area contributed by atoms with Crippen molar-refractivity contribution in [2.24, 2.45) is 0 Å². The molecule has 0 radical (unpaired) electrons. The summed E-state index contributed by atoms with van der Waals surface area (Å²) in [5.41, 5.74) is 0.268. The first-order valence-electron chi connectivity index (χ1n) is 9.19. The van der Waals surface area contributed by atoms with Crippen LogP contribution in [0.15, 0.2) is 22.7 Å². The molecule has 1 unspecified atom stereocenters. The smallest absolute Gasteiger partial charge is 0.228 e. The van der Waals surface area contributed by atoms with Gasteiger partial charge in [0, 0.05) is 19.0 Å². The molecule has 1 aromatic carbocycles. The monoisotopic (exact) mass is 372 g/mol. The zero-order valence-corrected chi connectivity index (χ0v) is 15.0. The third-order valence-corrected chi connectivity index (χ3v) is 5.40. The van der Waals surface area contributed by atoms with Crippen molar-refractivity contribution in [1.82, 2.24) is 15.5 Å². The van der Waals surface area contributed by atoms with Crippen LogP contribution in [-0.4, -0.2) is 22.0 Å². The van der Waals surface area contributed by atoms with Crippen LogP contribution >= 0.6 is 0 Å². The molecule has 2 heterocycles. The predicted molar refractivity (Wildman–Crippen MR) is 94.3 cm³/mol. The number of amides is 2. The van der Waals surface area contributed by atoms with Crippen molar-refractivity contribution in [3.8, 4) is 0 Å². The van der Waals surface area contributed by atoms with Crippen LogP contribution in [0.25, 0.3) is 0 Å². The number of halogens is 1. The largest absolute Gasteiger partial charge is 0.343 e. The summed E-state index contributed by atoms with van der Waals surface area (Å²) in [4.78, 5) is 29.6. The second-order valence-corrected chi connectivity index (χ2v) is 7.31. The number of nitrogens with one attached hydrogen (secondary N) is 2. The van der Waals surface area contributed by atoms with Crippen LogP contribution in [0.3, 0.4) is 0 Å². The summed E-state index contributed by atoms with van der Waals surface area (Å²) in [6, 6.07) is 4.10. The fourth-order valence-electron chi connectivity index (χ4n) is 4.05. The van der Waals surface area contributed by atoms with Crippen molar-refractivity contribution < 1.29 is 18.5 Å². The SMILES string of the molecule is Cc1nc(C2(NC(=O)C3CC(=O)Nc4cc(F)ccc43)CCCCC2)no1. The van der Waals surface area contributed by atoms with E-state index in [1.54, 1.807) is 13.0 Å². The van der Waals surface area contributed by atoms with Crippen molar-refractivity contribution in [1.29, 1.82) is 0 Å². The van der Waals surface area contributed by atoms with Gasteiger partial charge in [0.25, 0.3) is 0 Å². The quantitative estimate of drug-likeness (QED) is 0.863. The lowest BCUT2D eigenvalue weighted by Crippen LogP contribution is -2.50. The standard InChI is InChI=1S/C19H21FN4O3/c1-11-21-18(24-27-11)19(7-3-2-4-8-19)23-17(26)14-10-16(25)22-15-9-12(20)5-6-13(14)15/h5-6,9,14H,2-4,7-8,10H2,1H3,(H,22,25)(H,23,26). The summed E-state index contributed by atoms with van der Waals surface area (Å²) in [7, 11) is 0. The Morgan fingerprint density at radius 3 is 2.81 bits per heavy atom. The molecule has 1 aromatic heterocycles. The molecule has 2 N–H and O–H groups in total. The van der Waals surface area contributed by atoms with Crippen LogP contribution < -0.4 is 10.6 Å². The van der Waals surface area contributed by atoms with Crippen LogP contribution in [0.2, 0.25) is 0 Å². The van der Waals surface area contributed by atoms with E-state index in [4.69, 9.17) is 4.52 Å². The molecule has 27 heavy (non-hydrogen) atoms. The Hall–Kier alpha value is -2.77. The molecule has 142 valence electrons. The maximum atomic E-state index is 13.5. The number of nitrogens with zero attached hydrogens (tertiary/aromatic N) is 2. The second-order valence-electron chi connectivity index (χ2n) is 7.31. The number of carbonyl (C=O) groups excluding carboxylic acids is 2. The Kier molecular flexibility index (Phi) is 4.41. The molecule has 2 aliphatic rings. The van der Waals surface area contributed by atoms with Gasteiger partial charge in [0.15, 0.2) is 5.82 Å². The molecule has 2 amide bonds. The van der Waals surface area contributed by atoms with Gasteiger partial charge in [0.2, 0.25) is 17.7 Å². The fourth-order valence-corrected chi connectivity index (χ4v) is 4.05. The van der Waals surface area contributed by atoms with Gasteiger partial charge in [-0.1, -0.05) is 30.5 Å². The third-order valence-electron chi connectivity index (χ3n) is 5.40. The molecule has 0 spiro atoms. The molecule has 1 aliphatic carbocycles. The van der Waals surface area contributed by atoms with Gasteiger partial charge in [-0.15, -0.1) is 0 Å². The number of anilines is 1. The molecule has 1 fully saturated rings. The van der Waals surface area contributed by atoms with Crippen LogP contribution in [0.1, 0.15) is 61.7 Å². The van der Waals surface area contributed by atoms with E-state index < -0.39 is 17.3 Å². The molecule has 2 aromatic rings. The second kappa shape index (κ2) is 6.75. The van der Waals surface area contributed by atoms with E-state index in [9.17, 15) is 14.0 Å². The molecule has 0 bridgehead atoms. The zero-order chi connectivity index (χ0) is 19.0. The molecule has 0 saturated heterocycles. The number of carbonyl (C=O) groups is 2. The zero-order valence-electron chi connectivity index (χ0n) is 15.0. The third kappa shape index (κ3) is 3.31.